The summed E-state index contributed by atoms with van der Waals surface area (Å²) in [7, 11) is 0. The van der Waals surface area contributed by atoms with Gasteiger partial charge in [-0.2, -0.15) is 0 Å². The van der Waals surface area contributed by atoms with Crippen LogP contribution in [0.25, 0.3) is 0 Å². The summed E-state index contributed by atoms with van der Waals surface area (Å²) >= 11 is 0. The Morgan fingerprint density at radius 1 is 1.43 bits per heavy atom. The predicted molar refractivity (Wildman–Crippen MR) is 81.2 cm³/mol. The molecule has 0 aromatic heterocycles. The van der Waals surface area contributed by atoms with E-state index in [0.29, 0.717) is 17.8 Å². The van der Waals surface area contributed by atoms with Crippen LogP contribution in [-0.4, -0.2) is 19.0 Å². The maximum absolute atomic E-state index is 13.5. The minimum Gasteiger partial charge on any atom is -0.396 e. The minimum atomic E-state index is -0.451. The fourth-order valence-electron chi connectivity index (χ4n) is 2.92. The molecule has 5 heteroatoms. The first-order chi connectivity index (χ1) is 9.99. The highest BCUT2D eigenvalue weighted by molar-refractivity contribution is 5.99. The van der Waals surface area contributed by atoms with Crippen LogP contribution in [0.5, 0.6) is 0 Å². The molecule has 4 nitrogen and oxygen atoms in total. The van der Waals surface area contributed by atoms with Gasteiger partial charge in [-0.25, -0.2) is 4.39 Å². The van der Waals surface area contributed by atoms with Gasteiger partial charge in [0, 0.05) is 17.9 Å². The second kappa shape index (κ2) is 4.91. The van der Waals surface area contributed by atoms with Gasteiger partial charge in [-0.3, -0.25) is 4.79 Å². The number of amides is 1. The van der Waals surface area contributed by atoms with E-state index >= 15 is 0 Å². The molecule has 0 aliphatic carbocycles. The third kappa shape index (κ3) is 2.18. The summed E-state index contributed by atoms with van der Waals surface area (Å²) < 4.78 is 13.5. The third-order valence-electron chi connectivity index (χ3n) is 4.08. The highest BCUT2D eigenvalue weighted by Crippen LogP contribution is 2.32. The van der Waals surface area contributed by atoms with Crippen LogP contribution in [0.1, 0.15) is 12.5 Å². The highest BCUT2D eigenvalue weighted by Gasteiger charge is 2.33. The molecular formula is C16H18FN3O. The molecular weight excluding hydrogens is 269 g/mol. The number of nitrogen functional groups attached to an aromatic ring is 1. The Balaban J connectivity index is 2.04. The SMILES string of the molecule is Cc1cc(F)c(N)cc1N1CC2=C(NCC=C2)C(C)C1=O. The van der Waals surface area contributed by atoms with E-state index < -0.39 is 5.82 Å². The van der Waals surface area contributed by atoms with Crippen LogP contribution >= 0.6 is 0 Å². The summed E-state index contributed by atoms with van der Waals surface area (Å²) in [5.41, 5.74) is 9.19. The summed E-state index contributed by atoms with van der Waals surface area (Å²) in [5, 5.41) is 3.27. The maximum Gasteiger partial charge on any atom is 0.236 e. The Hall–Kier alpha value is -2.30. The van der Waals surface area contributed by atoms with E-state index in [1.165, 1.54) is 6.07 Å². The van der Waals surface area contributed by atoms with Crippen molar-refractivity contribution in [1.29, 1.82) is 0 Å². The van der Waals surface area contributed by atoms with Crippen molar-refractivity contribution in [3.8, 4) is 0 Å². The average Bonchev–Trinajstić information content (AvgIpc) is 2.47. The van der Waals surface area contributed by atoms with Gasteiger partial charge in [0.25, 0.3) is 0 Å². The molecule has 0 fully saturated rings. The normalized spacial score (nSPS) is 21.4. The summed E-state index contributed by atoms with van der Waals surface area (Å²) in [5.74, 6) is -0.678. The number of halogens is 1. The molecule has 110 valence electrons. The Bertz CT molecular complexity index is 678. The average molecular weight is 287 g/mol. The lowest BCUT2D eigenvalue weighted by Gasteiger charge is -2.36. The second-order valence-electron chi connectivity index (χ2n) is 5.53. The van der Waals surface area contributed by atoms with Crippen molar-refractivity contribution in [2.45, 2.75) is 13.8 Å². The molecule has 1 unspecified atom stereocenters. The zero-order chi connectivity index (χ0) is 15.1. The Labute approximate surface area is 123 Å². The number of hydrogen-bond donors (Lipinski definition) is 2. The van der Waals surface area contributed by atoms with E-state index in [-0.39, 0.29) is 17.5 Å². The van der Waals surface area contributed by atoms with Crippen molar-refractivity contribution in [2.75, 3.05) is 23.7 Å². The molecule has 2 aliphatic rings. The molecule has 2 heterocycles. The number of benzene rings is 1. The monoisotopic (exact) mass is 287 g/mol. The molecule has 21 heavy (non-hydrogen) atoms. The fraction of sp³-hybridized carbons (Fsp3) is 0.312. The largest absolute Gasteiger partial charge is 0.396 e. The van der Waals surface area contributed by atoms with Crippen LogP contribution in [0, 0.1) is 18.7 Å². The first kappa shape index (κ1) is 13.7. The summed E-state index contributed by atoms with van der Waals surface area (Å²) in [6.45, 7) is 4.90. The van der Waals surface area contributed by atoms with Crippen molar-refractivity contribution >= 4 is 17.3 Å². The molecule has 1 aromatic rings. The zero-order valence-electron chi connectivity index (χ0n) is 12.1. The van der Waals surface area contributed by atoms with Crippen LogP contribution in [0.15, 0.2) is 35.6 Å². The lowest BCUT2D eigenvalue weighted by molar-refractivity contribution is -0.121. The van der Waals surface area contributed by atoms with Crippen LogP contribution in [0.4, 0.5) is 15.8 Å². The summed E-state index contributed by atoms with van der Waals surface area (Å²) in [6.07, 6.45) is 4.08. The number of dihydropyridines is 1. The standard InChI is InChI=1S/C16H18FN3O/c1-9-6-12(17)13(18)7-14(9)20-8-11-4-3-5-19-15(11)10(2)16(20)21/h3-4,6-7,10,19H,5,8,18H2,1-2H3. The van der Waals surface area contributed by atoms with Gasteiger partial charge in [0.05, 0.1) is 18.2 Å². The molecule has 0 radical (unpaired) electrons. The lowest BCUT2D eigenvalue weighted by atomic mass is 9.93. The van der Waals surface area contributed by atoms with E-state index in [2.05, 4.69) is 5.32 Å². The molecule has 1 amide bonds. The fourth-order valence-corrected chi connectivity index (χ4v) is 2.92. The molecule has 0 saturated heterocycles. The van der Waals surface area contributed by atoms with Gasteiger partial charge in [0.15, 0.2) is 0 Å². The van der Waals surface area contributed by atoms with Crippen molar-refractivity contribution in [2.24, 2.45) is 5.92 Å². The van der Waals surface area contributed by atoms with Crippen molar-refractivity contribution in [3.05, 3.63) is 46.9 Å². The van der Waals surface area contributed by atoms with Crippen LogP contribution in [0.3, 0.4) is 0 Å². The predicted octanol–water partition coefficient (Wildman–Crippen LogP) is 2.11. The Morgan fingerprint density at radius 2 is 2.19 bits per heavy atom. The van der Waals surface area contributed by atoms with Gasteiger partial charge >= 0.3 is 0 Å². The molecule has 0 bridgehead atoms. The summed E-state index contributed by atoms with van der Waals surface area (Å²) in [6, 6.07) is 2.92. The van der Waals surface area contributed by atoms with Crippen LogP contribution in [0.2, 0.25) is 0 Å². The van der Waals surface area contributed by atoms with Crippen molar-refractivity contribution in [1.82, 2.24) is 5.32 Å². The number of hydrogen-bond acceptors (Lipinski definition) is 3. The zero-order valence-corrected chi connectivity index (χ0v) is 12.1. The highest BCUT2D eigenvalue weighted by atomic mass is 19.1. The molecule has 0 saturated carbocycles. The van der Waals surface area contributed by atoms with Gasteiger partial charge in [0.2, 0.25) is 5.91 Å². The lowest BCUT2D eigenvalue weighted by Crippen LogP contribution is -2.45. The van der Waals surface area contributed by atoms with E-state index in [1.807, 2.05) is 19.1 Å². The number of carbonyl (C=O) groups is 1. The van der Waals surface area contributed by atoms with Gasteiger partial charge in [-0.05, 0) is 37.1 Å². The smallest absolute Gasteiger partial charge is 0.236 e. The van der Waals surface area contributed by atoms with Gasteiger partial charge in [-0.1, -0.05) is 12.2 Å². The first-order valence-corrected chi connectivity index (χ1v) is 6.99. The molecule has 3 rings (SSSR count). The molecule has 1 atom stereocenters. The van der Waals surface area contributed by atoms with Crippen LogP contribution < -0.4 is 16.0 Å². The van der Waals surface area contributed by atoms with E-state index in [1.54, 1.807) is 17.9 Å². The Kier molecular flexibility index (Phi) is 3.20. The molecule has 2 aliphatic heterocycles. The van der Waals surface area contributed by atoms with Gasteiger partial charge in [0.1, 0.15) is 5.82 Å². The number of carbonyl (C=O) groups excluding carboxylic acids is 1. The van der Waals surface area contributed by atoms with Crippen molar-refractivity contribution in [3.63, 3.8) is 0 Å². The van der Waals surface area contributed by atoms with E-state index in [4.69, 9.17) is 5.73 Å². The molecule has 0 spiro atoms. The maximum atomic E-state index is 13.5. The van der Waals surface area contributed by atoms with Crippen LogP contribution in [-0.2, 0) is 4.79 Å². The first-order valence-electron chi connectivity index (χ1n) is 6.99. The van der Waals surface area contributed by atoms with Gasteiger partial charge in [-0.15, -0.1) is 0 Å². The minimum absolute atomic E-state index is 0.00524. The summed E-state index contributed by atoms with van der Waals surface area (Å²) in [4.78, 5) is 14.3. The number of aryl methyl sites for hydroxylation is 1. The third-order valence-corrected chi connectivity index (χ3v) is 4.08. The molecule has 3 N–H and O–H groups in total. The quantitative estimate of drug-likeness (QED) is 0.778. The number of nitrogens with two attached hydrogens (primary N) is 1. The van der Waals surface area contributed by atoms with E-state index in [0.717, 1.165) is 17.8 Å². The number of rotatable bonds is 1. The number of anilines is 2. The second-order valence-corrected chi connectivity index (χ2v) is 5.53. The van der Waals surface area contributed by atoms with E-state index in [9.17, 15) is 9.18 Å². The number of nitrogens with zero attached hydrogens (tertiary/aromatic N) is 1. The molecule has 1 aromatic carbocycles. The topological polar surface area (TPSA) is 58.4 Å². The van der Waals surface area contributed by atoms with Gasteiger partial charge < -0.3 is 16.0 Å². The number of nitrogens with one attached hydrogen (secondary N) is 1. The van der Waals surface area contributed by atoms with Crippen molar-refractivity contribution < 1.29 is 9.18 Å². The Morgan fingerprint density at radius 3 is 2.95 bits per heavy atom.